The molecule has 5 heteroatoms. The lowest BCUT2D eigenvalue weighted by molar-refractivity contribution is -0.120. The zero-order valence-corrected chi connectivity index (χ0v) is 10.7. The lowest BCUT2D eigenvalue weighted by Crippen LogP contribution is -2.40. The van der Waals surface area contributed by atoms with Gasteiger partial charge in [-0.15, -0.1) is 0 Å². The zero-order valence-electron chi connectivity index (χ0n) is 10.7. The molecule has 0 unspecified atom stereocenters. The van der Waals surface area contributed by atoms with Crippen molar-refractivity contribution in [3.63, 3.8) is 0 Å². The van der Waals surface area contributed by atoms with Crippen LogP contribution in [0.5, 0.6) is 0 Å². The van der Waals surface area contributed by atoms with Gasteiger partial charge < -0.3 is 10.6 Å². The van der Waals surface area contributed by atoms with Gasteiger partial charge in [0.15, 0.2) is 0 Å². The summed E-state index contributed by atoms with van der Waals surface area (Å²) in [4.78, 5) is 23.0. The van der Waals surface area contributed by atoms with Crippen LogP contribution in [-0.2, 0) is 4.79 Å². The largest absolute Gasteiger partial charge is 0.352 e. The molecule has 1 aromatic carbocycles. The molecule has 1 rings (SSSR count). The molecule has 0 aromatic heterocycles. The number of carbonyl (C=O) groups is 2. The molecule has 0 radical (unpaired) electrons. The summed E-state index contributed by atoms with van der Waals surface area (Å²) in [6.07, 6.45) is 0. The summed E-state index contributed by atoms with van der Waals surface area (Å²) in [5.74, 6) is -1.48. The molecule has 0 aliphatic carbocycles. The summed E-state index contributed by atoms with van der Waals surface area (Å²) in [5, 5.41) is 5.01. The van der Waals surface area contributed by atoms with Crippen LogP contribution in [0.3, 0.4) is 0 Å². The highest BCUT2D eigenvalue weighted by Gasteiger charge is 2.13. The first-order valence-corrected chi connectivity index (χ1v) is 5.74. The predicted molar refractivity (Wildman–Crippen MR) is 66.7 cm³/mol. The van der Waals surface area contributed by atoms with E-state index >= 15 is 0 Å². The van der Waals surface area contributed by atoms with Crippen molar-refractivity contribution >= 4 is 11.8 Å². The number of nitrogens with one attached hydrogen (secondary N) is 2. The second-order valence-electron chi connectivity index (χ2n) is 4.39. The van der Waals surface area contributed by atoms with E-state index in [4.69, 9.17) is 0 Å². The monoisotopic (exact) mass is 252 g/mol. The Bertz CT molecular complexity index is 458. The topological polar surface area (TPSA) is 58.2 Å². The third-order valence-electron chi connectivity index (χ3n) is 2.23. The molecule has 0 saturated carbocycles. The van der Waals surface area contributed by atoms with E-state index in [9.17, 15) is 14.0 Å². The van der Waals surface area contributed by atoms with Crippen LogP contribution in [-0.4, -0.2) is 24.4 Å². The van der Waals surface area contributed by atoms with Crippen molar-refractivity contribution in [3.8, 4) is 0 Å². The fourth-order valence-corrected chi connectivity index (χ4v) is 1.44. The third kappa shape index (κ3) is 4.16. The van der Waals surface area contributed by atoms with Crippen LogP contribution >= 0.6 is 0 Å². The maximum atomic E-state index is 13.4. The van der Waals surface area contributed by atoms with Gasteiger partial charge in [-0.05, 0) is 32.9 Å². The zero-order chi connectivity index (χ0) is 13.7. The van der Waals surface area contributed by atoms with Crippen molar-refractivity contribution < 1.29 is 14.0 Å². The first-order chi connectivity index (χ1) is 8.40. The molecule has 0 saturated heterocycles. The van der Waals surface area contributed by atoms with Crippen LogP contribution in [0.25, 0.3) is 0 Å². The van der Waals surface area contributed by atoms with Crippen molar-refractivity contribution in [3.05, 3.63) is 35.1 Å². The van der Waals surface area contributed by atoms with E-state index in [1.807, 2.05) is 13.8 Å². The van der Waals surface area contributed by atoms with Crippen LogP contribution in [0.4, 0.5) is 4.39 Å². The number of carbonyl (C=O) groups excluding carboxylic acids is 2. The maximum Gasteiger partial charge on any atom is 0.254 e. The molecule has 0 spiro atoms. The van der Waals surface area contributed by atoms with Gasteiger partial charge in [0.05, 0.1) is 12.1 Å². The minimum Gasteiger partial charge on any atom is -0.352 e. The molecule has 98 valence electrons. The summed E-state index contributed by atoms with van der Waals surface area (Å²) in [5.41, 5.74) is 0.737. The molecule has 2 N–H and O–H groups in total. The molecular formula is C13H17FN2O2. The summed E-state index contributed by atoms with van der Waals surface area (Å²) < 4.78 is 13.4. The second-order valence-corrected chi connectivity index (χ2v) is 4.39. The molecule has 2 amide bonds. The molecule has 0 fully saturated rings. The average molecular weight is 252 g/mol. The maximum absolute atomic E-state index is 13.4. The summed E-state index contributed by atoms with van der Waals surface area (Å²) in [7, 11) is 0. The normalized spacial score (nSPS) is 10.3. The quantitative estimate of drug-likeness (QED) is 0.850. The van der Waals surface area contributed by atoms with Gasteiger partial charge in [0.2, 0.25) is 5.91 Å². The number of amides is 2. The van der Waals surface area contributed by atoms with Gasteiger partial charge in [-0.3, -0.25) is 9.59 Å². The molecule has 0 bridgehead atoms. The number of aryl methyl sites for hydroxylation is 1. The lowest BCUT2D eigenvalue weighted by Gasteiger charge is -2.09. The van der Waals surface area contributed by atoms with E-state index in [0.29, 0.717) is 0 Å². The van der Waals surface area contributed by atoms with Crippen molar-refractivity contribution in [2.24, 2.45) is 0 Å². The highest BCUT2D eigenvalue weighted by molar-refractivity contribution is 5.96. The van der Waals surface area contributed by atoms with Gasteiger partial charge in [-0.1, -0.05) is 11.6 Å². The average Bonchev–Trinajstić information content (AvgIpc) is 2.28. The van der Waals surface area contributed by atoms with Crippen LogP contribution in [0, 0.1) is 12.7 Å². The Hall–Kier alpha value is -1.91. The van der Waals surface area contributed by atoms with Gasteiger partial charge in [0, 0.05) is 6.04 Å². The number of rotatable bonds is 4. The molecule has 1 aromatic rings. The van der Waals surface area contributed by atoms with E-state index < -0.39 is 11.7 Å². The fourth-order valence-electron chi connectivity index (χ4n) is 1.44. The van der Waals surface area contributed by atoms with Crippen LogP contribution < -0.4 is 10.6 Å². The smallest absolute Gasteiger partial charge is 0.254 e. The van der Waals surface area contributed by atoms with Crippen molar-refractivity contribution in [1.29, 1.82) is 0 Å². The van der Waals surface area contributed by atoms with E-state index in [1.165, 1.54) is 12.1 Å². The van der Waals surface area contributed by atoms with Gasteiger partial charge in [-0.25, -0.2) is 4.39 Å². The molecule has 0 heterocycles. The Morgan fingerprint density at radius 3 is 2.61 bits per heavy atom. The van der Waals surface area contributed by atoms with Gasteiger partial charge >= 0.3 is 0 Å². The summed E-state index contributed by atoms with van der Waals surface area (Å²) in [6, 6.07) is 4.27. The highest BCUT2D eigenvalue weighted by atomic mass is 19.1. The molecule has 0 aliphatic rings. The highest BCUT2D eigenvalue weighted by Crippen LogP contribution is 2.09. The van der Waals surface area contributed by atoms with Gasteiger partial charge in [0.25, 0.3) is 5.91 Å². The third-order valence-corrected chi connectivity index (χ3v) is 2.23. The standard InChI is InChI=1S/C13H17FN2O2/c1-8(2)16-12(17)7-15-13(18)10-6-9(3)4-5-11(10)14/h4-6,8H,7H2,1-3H3,(H,15,18)(H,16,17). The van der Waals surface area contributed by atoms with E-state index in [2.05, 4.69) is 10.6 Å². The predicted octanol–water partition coefficient (Wildman–Crippen LogP) is 1.39. The molecule has 18 heavy (non-hydrogen) atoms. The number of halogens is 1. The molecule has 0 aliphatic heterocycles. The van der Waals surface area contributed by atoms with E-state index in [-0.39, 0.29) is 24.1 Å². The number of hydrogen-bond acceptors (Lipinski definition) is 2. The van der Waals surface area contributed by atoms with Crippen LogP contribution in [0.2, 0.25) is 0 Å². The van der Waals surface area contributed by atoms with Crippen molar-refractivity contribution in [2.75, 3.05) is 6.54 Å². The SMILES string of the molecule is Cc1ccc(F)c(C(=O)NCC(=O)NC(C)C)c1. The van der Waals surface area contributed by atoms with Crippen molar-refractivity contribution in [1.82, 2.24) is 10.6 Å². The molecule has 0 atom stereocenters. The van der Waals surface area contributed by atoms with E-state index in [0.717, 1.165) is 5.56 Å². The van der Waals surface area contributed by atoms with Crippen molar-refractivity contribution in [2.45, 2.75) is 26.8 Å². The minimum absolute atomic E-state index is 0.00473. The molecular weight excluding hydrogens is 235 g/mol. The number of hydrogen-bond donors (Lipinski definition) is 2. The Labute approximate surface area is 106 Å². The summed E-state index contributed by atoms with van der Waals surface area (Å²) in [6.45, 7) is 5.24. The van der Waals surface area contributed by atoms with Crippen LogP contribution in [0.1, 0.15) is 29.8 Å². The van der Waals surface area contributed by atoms with Gasteiger partial charge in [0.1, 0.15) is 5.82 Å². The Balaban J connectivity index is 2.60. The first kappa shape index (κ1) is 14.2. The Kier molecular flexibility index (Phi) is 4.83. The molecule has 4 nitrogen and oxygen atoms in total. The Morgan fingerprint density at radius 1 is 1.33 bits per heavy atom. The Morgan fingerprint density at radius 2 is 2.00 bits per heavy atom. The van der Waals surface area contributed by atoms with Crippen LogP contribution in [0.15, 0.2) is 18.2 Å². The van der Waals surface area contributed by atoms with Gasteiger partial charge in [-0.2, -0.15) is 0 Å². The fraction of sp³-hybridized carbons (Fsp3) is 0.385. The summed E-state index contributed by atoms with van der Waals surface area (Å²) >= 11 is 0. The second kappa shape index (κ2) is 6.14. The lowest BCUT2D eigenvalue weighted by atomic mass is 10.1. The first-order valence-electron chi connectivity index (χ1n) is 5.74. The number of benzene rings is 1. The van der Waals surface area contributed by atoms with E-state index in [1.54, 1.807) is 13.0 Å². The minimum atomic E-state index is -0.595.